The highest BCUT2D eigenvalue weighted by Crippen LogP contribution is 2.27. The van der Waals surface area contributed by atoms with E-state index in [9.17, 15) is 15.0 Å². The third kappa shape index (κ3) is 3.61. The number of aromatic hydroxyl groups is 2. The van der Waals surface area contributed by atoms with Gasteiger partial charge >= 0.3 is 5.97 Å². The van der Waals surface area contributed by atoms with Crippen LogP contribution in [0.1, 0.15) is 31.2 Å². The van der Waals surface area contributed by atoms with Crippen molar-refractivity contribution in [1.82, 2.24) is 4.90 Å². The van der Waals surface area contributed by atoms with Crippen molar-refractivity contribution >= 4 is 5.97 Å². The molecule has 1 unspecified atom stereocenters. The van der Waals surface area contributed by atoms with Gasteiger partial charge in [-0.2, -0.15) is 0 Å². The molecule has 0 amide bonds. The fourth-order valence-corrected chi connectivity index (χ4v) is 2.60. The summed E-state index contributed by atoms with van der Waals surface area (Å²) in [5.41, 5.74) is 0.882. The van der Waals surface area contributed by atoms with E-state index in [1.165, 1.54) is 12.1 Å². The molecule has 0 spiro atoms. The Morgan fingerprint density at radius 1 is 1.26 bits per heavy atom. The number of hydrogen-bond acceptors (Lipinski definition) is 4. The van der Waals surface area contributed by atoms with E-state index in [1.54, 1.807) is 6.07 Å². The summed E-state index contributed by atoms with van der Waals surface area (Å²) < 4.78 is 0. The van der Waals surface area contributed by atoms with E-state index < -0.39 is 5.97 Å². The average molecular weight is 265 g/mol. The van der Waals surface area contributed by atoms with Gasteiger partial charge in [-0.3, -0.25) is 9.69 Å². The molecule has 1 heterocycles. The minimum Gasteiger partial charge on any atom is -0.504 e. The van der Waals surface area contributed by atoms with Crippen molar-refractivity contribution in [2.24, 2.45) is 0 Å². The summed E-state index contributed by atoms with van der Waals surface area (Å²) in [6, 6.07) is 4.80. The van der Waals surface area contributed by atoms with Crippen molar-refractivity contribution < 1.29 is 20.1 Å². The van der Waals surface area contributed by atoms with E-state index in [0.29, 0.717) is 6.54 Å². The zero-order valence-corrected chi connectivity index (χ0v) is 10.7. The predicted molar refractivity (Wildman–Crippen MR) is 70.1 cm³/mol. The van der Waals surface area contributed by atoms with Gasteiger partial charge in [-0.25, -0.2) is 0 Å². The molecule has 5 heteroatoms. The summed E-state index contributed by atoms with van der Waals surface area (Å²) in [7, 11) is 0. The van der Waals surface area contributed by atoms with Crippen LogP contribution < -0.4 is 0 Å². The molecule has 0 saturated carbocycles. The van der Waals surface area contributed by atoms with Crippen molar-refractivity contribution in [3.8, 4) is 11.5 Å². The quantitative estimate of drug-likeness (QED) is 0.725. The summed E-state index contributed by atoms with van der Waals surface area (Å²) in [5, 5.41) is 27.7. The number of carbonyl (C=O) groups is 1. The fraction of sp³-hybridized carbons (Fsp3) is 0.500. The van der Waals surface area contributed by atoms with Gasteiger partial charge in [0.15, 0.2) is 11.5 Å². The molecule has 1 aromatic carbocycles. The molecule has 0 radical (unpaired) electrons. The van der Waals surface area contributed by atoms with E-state index >= 15 is 0 Å². The lowest BCUT2D eigenvalue weighted by molar-refractivity contribution is -0.138. The lowest BCUT2D eigenvalue weighted by atomic mass is 9.98. The fourth-order valence-electron chi connectivity index (χ4n) is 2.60. The lowest BCUT2D eigenvalue weighted by Gasteiger charge is -2.35. The number of benzene rings is 1. The molecule has 1 aliphatic heterocycles. The smallest absolute Gasteiger partial charge is 0.304 e. The molecule has 19 heavy (non-hydrogen) atoms. The molecule has 0 aliphatic carbocycles. The molecular formula is C14H19NO4. The Kier molecular flexibility index (Phi) is 4.27. The van der Waals surface area contributed by atoms with Crippen LogP contribution in [0.15, 0.2) is 18.2 Å². The van der Waals surface area contributed by atoms with Crippen LogP contribution in [0.2, 0.25) is 0 Å². The van der Waals surface area contributed by atoms with E-state index in [0.717, 1.165) is 31.4 Å². The first-order valence-corrected chi connectivity index (χ1v) is 6.53. The first-order valence-electron chi connectivity index (χ1n) is 6.53. The summed E-state index contributed by atoms with van der Waals surface area (Å²) >= 11 is 0. The van der Waals surface area contributed by atoms with Crippen LogP contribution in [0.3, 0.4) is 0 Å². The number of hydrogen-bond donors (Lipinski definition) is 3. The minimum absolute atomic E-state index is 0.0576. The topological polar surface area (TPSA) is 81.0 Å². The molecule has 3 N–H and O–H groups in total. The number of carboxylic acid groups (broad SMARTS) is 1. The number of nitrogens with zero attached hydrogens (tertiary/aromatic N) is 1. The third-order valence-electron chi connectivity index (χ3n) is 3.58. The van der Waals surface area contributed by atoms with Gasteiger partial charge < -0.3 is 15.3 Å². The zero-order chi connectivity index (χ0) is 13.8. The third-order valence-corrected chi connectivity index (χ3v) is 3.58. The molecule has 104 valence electrons. The molecule has 1 atom stereocenters. The molecule has 1 saturated heterocycles. The summed E-state index contributed by atoms with van der Waals surface area (Å²) in [4.78, 5) is 13.0. The summed E-state index contributed by atoms with van der Waals surface area (Å²) in [6.07, 6.45) is 3.19. The number of carboxylic acids is 1. The van der Waals surface area contributed by atoms with E-state index in [2.05, 4.69) is 4.90 Å². The summed E-state index contributed by atoms with van der Waals surface area (Å²) in [5.74, 6) is -1.04. The van der Waals surface area contributed by atoms with Crippen molar-refractivity contribution in [1.29, 1.82) is 0 Å². The van der Waals surface area contributed by atoms with Gasteiger partial charge in [-0.15, -0.1) is 0 Å². The van der Waals surface area contributed by atoms with E-state index in [-0.39, 0.29) is 24.0 Å². The van der Waals surface area contributed by atoms with Crippen molar-refractivity contribution in [3.63, 3.8) is 0 Å². The number of phenolic OH excluding ortho intramolecular Hbond substituents is 2. The molecule has 0 bridgehead atoms. The predicted octanol–water partition coefficient (Wildman–Crippen LogP) is 1.93. The van der Waals surface area contributed by atoms with Crippen molar-refractivity contribution in [3.05, 3.63) is 23.8 Å². The molecular weight excluding hydrogens is 246 g/mol. The largest absolute Gasteiger partial charge is 0.504 e. The first kappa shape index (κ1) is 13.7. The summed E-state index contributed by atoms with van der Waals surface area (Å²) in [6.45, 7) is 1.48. The molecule has 2 rings (SSSR count). The number of rotatable bonds is 4. The Balaban J connectivity index is 2.06. The molecule has 1 aliphatic rings. The highest BCUT2D eigenvalue weighted by molar-refractivity contribution is 5.67. The van der Waals surface area contributed by atoms with Crippen LogP contribution in [0.4, 0.5) is 0 Å². The Labute approximate surface area is 112 Å². The highest BCUT2D eigenvalue weighted by Gasteiger charge is 2.24. The van der Waals surface area contributed by atoms with Gasteiger partial charge in [0, 0.05) is 12.6 Å². The van der Waals surface area contributed by atoms with Gasteiger partial charge in [0.25, 0.3) is 0 Å². The number of phenols is 2. The average Bonchev–Trinajstić information content (AvgIpc) is 2.36. The standard InChI is InChI=1S/C14H19NO4/c16-12-5-4-10(7-13(12)17)9-15-6-2-1-3-11(15)8-14(18)19/h4-5,7,11,16-17H,1-3,6,8-9H2,(H,18,19). The van der Waals surface area contributed by atoms with Crippen LogP contribution in [0.5, 0.6) is 11.5 Å². The van der Waals surface area contributed by atoms with Gasteiger partial charge in [0.2, 0.25) is 0 Å². The number of aliphatic carboxylic acids is 1. The Morgan fingerprint density at radius 3 is 2.74 bits per heavy atom. The number of likely N-dealkylation sites (tertiary alicyclic amines) is 1. The van der Waals surface area contributed by atoms with E-state index in [4.69, 9.17) is 5.11 Å². The van der Waals surface area contributed by atoms with Gasteiger partial charge in [-0.1, -0.05) is 12.5 Å². The van der Waals surface area contributed by atoms with Gasteiger partial charge in [0.1, 0.15) is 0 Å². The molecule has 1 aromatic rings. The van der Waals surface area contributed by atoms with Crippen molar-refractivity contribution in [2.75, 3.05) is 6.54 Å². The number of piperidine rings is 1. The second-order valence-electron chi connectivity index (χ2n) is 5.04. The minimum atomic E-state index is -0.773. The zero-order valence-electron chi connectivity index (χ0n) is 10.7. The SMILES string of the molecule is O=C(O)CC1CCCCN1Cc1ccc(O)c(O)c1. The highest BCUT2D eigenvalue weighted by atomic mass is 16.4. The molecule has 0 aromatic heterocycles. The van der Waals surface area contributed by atoms with Crippen LogP contribution >= 0.6 is 0 Å². The monoisotopic (exact) mass is 265 g/mol. The Hall–Kier alpha value is -1.75. The first-order chi connectivity index (χ1) is 9.06. The maximum absolute atomic E-state index is 10.9. The van der Waals surface area contributed by atoms with Gasteiger partial charge in [0.05, 0.1) is 6.42 Å². The molecule has 1 fully saturated rings. The van der Waals surface area contributed by atoms with Gasteiger partial charge in [-0.05, 0) is 37.1 Å². The Bertz CT molecular complexity index is 461. The maximum Gasteiger partial charge on any atom is 0.304 e. The normalized spacial score (nSPS) is 20.3. The van der Waals surface area contributed by atoms with Crippen LogP contribution in [0.25, 0.3) is 0 Å². The Morgan fingerprint density at radius 2 is 2.05 bits per heavy atom. The second kappa shape index (κ2) is 5.93. The molecule has 5 nitrogen and oxygen atoms in total. The van der Waals surface area contributed by atoms with Crippen LogP contribution in [-0.4, -0.2) is 38.8 Å². The van der Waals surface area contributed by atoms with Crippen LogP contribution in [-0.2, 0) is 11.3 Å². The lowest BCUT2D eigenvalue weighted by Crippen LogP contribution is -2.40. The second-order valence-corrected chi connectivity index (χ2v) is 5.04. The van der Waals surface area contributed by atoms with Crippen molar-refractivity contribution in [2.45, 2.75) is 38.3 Å². The van der Waals surface area contributed by atoms with E-state index in [1.807, 2.05) is 0 Å². The maximum atomic E-state index is 10.9. The van der Waals surface area contributed by atoms with Crippen LogP contribution in [0, 0.1) is 0 Å².